The number of hydrogen-bond donors (Lipinski definition) is 2. The van der Waals surface area contributed by atoms with Crippen LogP contribution in [-0.2, 0) is 10.0 Å². The summed E-state index contributed by atoms with van der Waals surface area (Å²) in [6, 6.07) is 13.3. The van der Waals surface area contributed by atoms with Gasteiger partial charge in [-0.15, -0.1) is 0 Å². The molecule has 0 heterocycles. The highest BCUT2D eigenvalue weighted by Gasteiger charge is 2.19. The highest BCUT2D eigenvalue weighted by atomic mass is 35.5. The van der Waals surface area contributed by atoms with Crippen LogP contribution in [-0.4, -0.2) is 46.4 Å². The lowest BCUT2D eigenvalue weighted by Gasteiger charge is -2.26. The molecule has 2 aromatic carbocycles. The molecule has 1 amide bonds. The molecule has 2 rings (SSSR count). The van der Waals surface area contributed by atoms with Crippen LogP contribution in [0.5, 0.6) is 0 Å². The molecule has 0 saturated carbocycles. The summed E-state index contributed by atoms with van der Waals surface area (Å²) in [4.78, 5) is 14.6. The van der Waals surface area contributed by atoms with E-state index in [1.165, 1.54) is 24.3 Å². The first-order valence-electron chi connectivity index (χ1n) is 8.55. The van der Waals surface area contributed by atoms with Crippen molar-refractivity contribution in [1.29, 1.82) is 0 Å². The monoisotopic (exact) mass is 409 g/mol. The van der Waals surface area contributed by atoms with Crippen molar-refractivity contribution < 1.29 is 13.2 Å². The molecule has 1 atom stereocenters. The van der Waals surface area contributed by atoms with E-state index in [0.29, 0.717) is 23.7 Å². The van der Waals surface area contributed by atoms with Crippen LogP contribution in [0, 0.1) is 0 Å². The number of rotatable bonds is 8. The number of benzene rings is 2. The van der Waals surface area contributed by atoms with Gasteiger partial charge >= 0.3 is 0 Å². The fraction of sp³-hybridized carbons (Fsp3) is 0.316. The van der Waals surface area contributed by atoms with E-state index < -0.39 is 10.0 Å². The van der Waals surface area contributed by atoms with Crippen molar-refractivity contribution in [1.82, 2.24) is 14.9 Å². The lowest BCUT2D eigenvalue weighted by atomic mass is 10.1. The second-order valence-corrected chi connectivity index (χ2v) is 8.41. The minimum Gasteiger partial charge on any atom is -0.350 e. The van der Waals surface area contributed by atoms with Crippen LogP contribution in [0.4, 0.5) is 0 Å². The number of carbonyl (C=O) groups is 1. The van der Waals surface area contributed by atoms with Crippen molar-refractivity contribution >= 4 is 27.5 Å². The summed E-state index contributed by atoms with van der Waals surface area (Å²) in [6.45, 7) is 2.38. The fourth-order valence-corrected chi connectivity index (χ4v) is 3.97. The minimum absolute atomic E-state index is 0.0870. The van der Waals surface area contributed by atoms with E-state index in [2.05, 4.69) is 10.0 Å². The Balaban J connectivity index is 2.09. The quantitative estimate of drug-likeness (QED) is 0.702. The Morgan fingerprint density at radius 2 is 1.74 bits per heavy atom. The molecule has 27 heavy (non-hydrogen) atoms. The van der Waals surface area contributed by atoms with Crippen molar-refractivity contribution in [3.63, 3.8) is 0 Å². The molecule has 6 nitrogen and oxygen atoms in total. The van der Waals surface area contributed by atoms with E-state index in [4.69, 9.17) is 11.6 Å². The Hall–Kier alpha value is -1.93. The maximum Gasteiger partial charge on any atom is 0.251 e. The summed E-state index contributed by atoms with van der Waals surface area (Å²) in [5.74, 6) is -0.277. The molecule has 8 heteroatoms. The fourth-order valence-electron chi connectivity index (χ4n) is 2.67. The highest BCUT2D eigenvalue weighted by molar-refractivity contribution is 7.89. The average molecular weight is 410 g/mol. The van der Waals surface area contributed by atoms with Gasteiger partial charge in [0.05, 0.1) is 10.9 Å². The number of sulfonamides is 1. The Morgan fingerprint density at radius 3 is 2.30 bits per heavy atom. The van der Waals surface area contributed by atoms with Gasteiger partial charge in [-0.3, -0.25) is 4.79 Å². The summed E-state index contributed by atoms with van der Waals surface area (Å²) in [5, 5.41) is 3.53. The molecule has 2 N–H and O–H groups in total. The summed E-state index contributed by atoms with van der Waals surface area (Å²) in [6.07, 6.45) is 0. The van der Waals surface area contributed by atoms with E-state index in [0.717, 1.165) is 5.56 Å². The molecule has 146 valence electrons. The van der Waals surface area contributed by atoms with Crippen LogP contribution in [0.3, 0.4) is 0 Å². The van der Waals surface area contributed by atoms with Crippen LogP contribution in [0.2, 0.25) is 5.02 Å². The molecule has 0 bridgehead atoms. The first-order chi connectivity index (χ1) is 12.8. The molecule has 2 aromatic rings. The van der Waals surface area contributed by atoms with Gasteiger partial charge in [-0.2, -0.15) is 0 Å². The molecule has 0 saturated heterocycles. The van der Waals surface area contributed by atoms with Gasteiger partial charge in [-0.25, -0.2) is 13.1 Å². The predicted octanol–water partition coefficient (Wildman–Crippen LogP) is 2.67. The smallest absolute Gasteiger partial charge is 0.251 e. The Bertz CT molecular complexity index is 883. The van der Waals surface area contributed by atoms with Gasteiger partial charge in [0.25, 0.3) is 5.91 Å². The topological polar surface area (TPSA) is 78.5 Å². The van der Waals surface area contributed by atoms with Crippen LogP contribution >= 0.6 is 11.6 Å². The second kappa shape index (κ2) is 9.32. The first kappa shape index (κ1) is 21.4. The van der Waals surface area contributed by atoms with Gasteiger partial charge in [0.15, 0.2) is 0 Å². The number of halogens is 1. The zero-order chi connectivity index (χ0) is 20.0. The number of nitrogens with zero attached hydrogens (tertiary/aromatic N) is 1. The van der Waals surface area contributed by atoms with Gasteiger partial charge in [0.2, 0.25) is 10.0 Å². The van der Waals surface area contributed by atoms with Gasteiger partial charge in [-0.1, -0.05) is 36.7 Å². The van der Waals surface area contributed by atoms with E-state index in [-0.39, 0.29) is 16.8 Å². The van der Waals surface area contributed by atoms with Crippen molar-refractivity contribution in [2.45, 2.75) is 17.9 Å². The number of hydrogen-bond acceptors (Lipinski definition) is 4. The van der Waals surface area contributed by atoms with E-state index in [9.17, 15) is 13.2 Å². The minimum atomic E-state index is -3.53. The van der Waals surface area contributed by atoms with Gasteiger partial charge in [0, 0.05) is 23.7 Å². The summed E-state index contributed by atoms with van der Waals surface area (Å²) in [5.41, 5.74) is 1.32. The Morgan fingerprint density at radius 1 is 1.11 bits per heavy atom. The van der Waals surface area contributed by atoms with Gasteiger partial charge in [0.1, 0.15) is 0 Å². The van der Waals surface area contributed by atoms with E-state index in [1.54, 1.807) is 6.92 Å². The third-order valence-corrected chi connectivity index (χ3v) is 6.01. The number of likely N-dealkylation sites (N-methyl/N-ethyl adjacent to an activating group) is 1. The molecule has 0 aliphatic heterocycles. The number of amides is 1. The second-order valence-electron chi connectivity index (χ2n) is 6.24. The predicted molar refractivity (Wildman–Crippen MR) is 108 cm³/mol. The van der Waals surface area contributed by atoms with E-state index in [1.807, 2.05) is 43.3 Å². The molecule has 0 aliphatic rings. The summed E-state index contributed by atoms with van der Waals surface area (Å²) < 4.78 is 26.3. The standard InChI is InChI=1S/C19H24ClN3O3S/c1-4-22-27(25,26)15-11-9-14(10-12-15)19(24)21-13-18(23(2)3)16-7-5-6-8-17(16)20/h5-12,18,22H,4,13H2,1-3H3,(H,21,24). The van der Waals surface area contributed by atoms with Gasteiger partial charge < -0.3 is 10.2 Å². The molecular weight excluding hydrogens is 386 g/mol. The third-order valence-electron chi connectivity index (χ3n) is 4.10. The van der Waals surface area contributed by atoms with Crippen molar-refractivity contribution in [2.24, 2.45) is 0 Å². The molecule has 0 fully saturated rings. The lowest BCUT2D eigenvalue weighted by molar-refractivity contribution is 0.0942. The average Bonchev–Trinajstić information content (AvgIpc) is 2.63. The number of nitrogens with one attached hydrogen (secondary N) is 2. The normalized spacial score (nSPS) is 12.8. The number of carbonyl (C=O) groups excluding carboxylic acids is 1. The maximum absolute atomic E-state index is 12.4. The van der Waals surface area contributed by atoms with Crippen LogP contribution < -0.4 is 10.0 Å². The van der Waals surface area contributed by atoms with Crippen LogP contribution in [0.1, 0.15) is 28.9 Å². The molecule has 1 unspecified atom stereocenters. The Labute approximate surface area is 165 Å². The summed E-state index contributed by atoms with van der Waals surface area (Å²) >= 11 is 6.28. The molecule has 0 radical (unpaired) electrons. The summed E-state index contributed by atoms with van der Waals surface area (Å²) in [7, 11) is 0.301. The largest absolute Gasteiger partial charge is 0.350 e. The highest BCUT2D eigenvalue weighted by Crippen LogP contribution is 2.25. The van der Waals surface area contributed by atoms with Crippen molar-refractivity contribution in [3.8, 4) is 0 Å². The zero-order valence-corrected chi connectivity index (χ0v) is 17.1. The molecule has 0 aliphatic carbocycles. The first-order valence-corrected chi connectivity index (χ1v) is 10.4. The molecule has 0 spiro atoms. The lowest BCUT2D eigenvalue weighted by Crippen LogP contribution is -2.34. The SMILES string of the molecule is CCNS(=O)(=O)c1ccc(C(=O)NCC(c2ccccc2Cl)N(C)C)cc1. The molecule has 0 aromatic heterocycles. The maximum atomic E-state index is 12.4. The zero-order valence-electron chi connectivity index (χ0n) is 15.6. The third kappa shape index (κ3) is 5.52. The van der Waals surface area contributed by atoms with Crippen molar-refractivity contribution in [2.75, 3.05) is 27.2 Å². The van der Waals surface area contributed by atoms with E-state index >= 15 is 0 Å². The van der Waals surface area contributed by atoms with Gasteiger partial charge in [-0.05, 0) is 50.0 Å². The Kier molecular flexibility index (Phi) is 7.38. The molecular formula is C19H24ClN3O3S. The van der Waals surface area contributed by atoms with Crippen LogP contribution in [0.15, 0.2) is 53.4 Å². The van der Waals surface area contributed by atoms with Crippen LogP contribution in [0.25, 0.3) is 0 Å². The van der Waals surface area contributed by atoms with Crippen molar-refractivity contribution in [3.05, 3.63) is 64.7 Å².